The lowest BCUT2D eigenvalue weighted by molar-refractivity contribution is 1.19. The molecule has 3 nitrogen and oxygen atoms in total. The molecule has 0 saturated heterocycles. The van der Waals surface area contributed by atoms with Crippen LogP contribution in [0.15, 0.2) is 100 Å². The third-order valence-corrected chi connectivity index (χ3v) is 7.09. The first-order valence-corrected chi connectivity index (χ1v) is 11.3. The van der Waals surface area contributed by atoms with E-state index in [1.54, 1.807) is 4.40 Å². The van der Waals surface area contributed by atoms with Crippen LogP contribution in [0.5, 0.6) is 0 Å². The molecule has 4 heteroatoms. The Kier molecular flexibility index (Phi) is 3.56. The normalized spacial score (nSPS) is 12.0. The highest BCUT2D eigenvalue weighted by Crippen LogP contribution is 2.34. The first-order chi connectivity index (χ1) is 15.7. The molecule has 150 valence electrons. The smallest absolute Gasteiger partial charge is 0.264 e. The minimum absolute atomic E-state index is 0.0304. The van der Waals surface area contributed by atoms with Gasteiger partial charge in [-0.05, 0) is 63.7 Å². The van der Waals surface area contributed by atoms with E-state index in [2.05, 4.69) is 70.5 Å². The summed E-state index contributed by atoms with van der Waals surface area (Å²) in [4.78, 5) is 18.4. The number of aromatic nitrogens is 2. The lowest BCUT2D eigenvalue weighted by Crippen LogP contribution is -2.13. The highest BCUT2D eigenvalue weighted by Gasteiger charge is 2.17. The molecular formula is C28H15BrN2O. The number of pyridine rings is 1. The average molecular weight is 475 g/mol. The Morgan fingerprint density at radius 2 is 1.47 bits per heavy atom. The van der Waals surface area contributed by atoms with Gasteiger partial charge in [0, 0.05) is 20.6 Å². The Balaban J connectivity index is 1.56. The minimum atomic E-state index is -0.0304. The third-order valence-electron chi connectivity index (χ3n) is 6.40. The number of imidazole rings is 1. The van der Waals surface area contributed by atoms with E-state index in [4.69, 9.17) is 4.98 Å². The van der Waals surface area contributed by atoms with Crippen LogP contribution in [0.3, 0.4) is 0 Å². The molecule has 0 aliphatic carbocycles. The number of nitrogens with zero attached hydrogens (tertiary/aromatic N) is 2. The summed E-state index contributed by atoms with van der Waals surface area (Å²) >= 11 is 3.63. The van der Waals surface area contributed by atoms with Crippen LogP contribution in [-0.2, 0) is 0 Å². The van der Waals surface area contributed by atoms with Crippen molar-refractivity contribution < 1.29 is 0 Å². The molecule has 0 N–H and O–H groups in total. The molecule has 0 aliphatic heterocycles. The van der Waals surface area contributed by atoms with Crippen LogP contribution in [-0.4, -0.2) is 9.38 Å². The van der Waals surface area contributed by atoms with Crippen molar-refractivity contribution in [1.29, 1.82) is 0 Å². The maximum absolute atomic E-state index is 13.5. The average Bonchev–Trinajstić information content (AvgIpc) is 3.22. The van der Waals surface area contributed by atoms with Crippen LogP contribution in [0, 0.1) is 0 Å². The minimum Gasteiger partial charge on any atom is -0.268 e. The third kappa shape index (κ3) is 2.36. The number of benzene rings is 5. The van der Waals surface area contributed by atoms with Gasteiger partial charge >= 0.3 is 0 Å². The second-order valence-corrected chi connectivity index (χ2v) is 9.02. The summed E-state index contributed by atoms with van der Waals surface area (Å²) in [6.07, 6.45) is 0. The van der Waals surface area contributed by atoms with Crippen molar-refractivity contribution >= 4 is 64.9 Å². The van der Waals surface area contributed by atoms with E-state index < -0.39 is 0 Å². The van der Waals surface area contributed by atoms with Gasteiger partial charge in [-0.2, -0.15) is 0 Å². The summed E-state index contributed by atoms with van der Waals surface area (Å²) in [6, 6.07) is 31.0. The lowest BCUT2D eigenvalue weighted by Gasteiger charge is -2.08. The number of hydrogen-bond donors (Lipinski definition) is 0. The first-order valence-electron chi connectivity index (χ1n) is 10.5. The maximum Gasteiger partial charge on any atom is 0.264 e. The molecule has 0 bridgehead atoms. The summed E-state index contributed by atoms with van der Waals surface area (Å²) in [7, 11) is 0. The molecule has 0 spiro atoms. The molecule has 32 heavy (non-hydrogen) atoms. The van der Waals surface area contributed by atoms with Crippen molar-refractivity contribution in [1.82, 2.24) is 9.38 Å². The number of halogens is 1. The predicted octanol–water partition coefficient (Wildman–Crippen LogP) is 7.17. The van der Waals surface area contributed by atoms with Crippen LogP contribution in [0.25, 0.3) is 60.1 Å². The standard InChI is InChI=1S/C28H15BrN2O/c29-23-12-11-21-26-20(23)6-3-7-22(26)28(32)31-25-13-10-19(15-24(25)30-27(21)31)18-9-8-16-4-1-2-5-17(16)14-18/h1-15H. The Labute approximate surface area is 191 Å². The van der Waals surface area contributed by atoms with Crippen LogP contribution in [0.2, 0.25) is 0 Å². The number of fused-ring (bicyclic) bond motifs is 5. The molecule has 0 unspecified atom stereocenters. The van der Waals surface area contributed by atoms with Crippen molar-refractivity contribution in [3.8, 4) is 11.1 Å². The van der Waals surface area contributed by atoms with Gasteiger partial charge in [0.2, 0.25) is 0 Å². The molecular weight excluding hydrogens is 460 g/mol. The zero-order chi connectivity index (χ0) is 21.4. The molecule has 7 aromatic rings. The summed E-state index contributed by atoms with van der Waals surface area (Å²) in [5.41, 5.74) is 4.55. The summed E-state index contributed by atoms with van der Waals surface area (Å²) in [5.74, 6) is 0. The Morgan fingerprint density at radius 1 is 0.688 bits per heavy atom. The van der Waals surface area contributed by atoms with E-state index in [0.29, 0.717) is 11.0 Å². The van der Waals surface area contributed by atoms with Crippen LogP contribution < -0.4 is 5.56 Å². The Hall–Kier alpha value is -3.76. The van der Waals surface area contributed by atoms with Gasteiger partial charge in [-0.1, -0.05) is 70.5 Å². The Morgan fingerprint density at radius 3 is 2.38 bits per heavy atom. The molecule has 0 radical (unpaired) electrons. The lowest BCUT2D eigenvalue weighted by atomic mass is 10.0. The van der Waals surface area contributed by atoms with Gasteiger partial charge in [0.25, 0.3) is 5.56 Å². The van der Waals surface area contributed by atoms with E-state index in [1.807, 2.05) is 36.4 Å². The second-order valence-electron chi connectivity index (χ2n) is 8.16. The zero-order valence-corrected chi connectivity index (χ0v) is 18.4. The number of hydrogen-bond acceptors (Lipinski definition) is 2. The van der Waals surface area contributed by atoms with Gasteiger partial charge in [0.15, 0.2) is 0 Å². The van der Waals surface area contributed by atoms with E-state index in [-0.39, 0.29) is 5.56 Å². The van der Waals surface area contributed by atoms with Crippen molar-refractivity contribution in [3.05, 3.63) is 106 Å². The molecule has 2 heterocycles. The molecule has 2 aromatic heterocycles. The van der Waals surface area contributed by atoms with Gasteiger partial charge in [0.1, 0.15) is 5.65 Å². The van der Waals surface area contributed by atoms with E-state index in [1.165, 1.54) is 10.8 Å². The first kappa shape index (κ1) is 17.9. The predicted molar refractivity (Wildman–Crippen MR) is 136 cm³/mol. The molecule has 0 atom stereocenters. The van der Waals surface area contributed by atoms with Crippen molar-refractivity contribution in [3.63, 3.8) is 0 Å². The van der Waals surface area contributed by atoms with Crippen molar-refractivity contribution in [2.75, 3.05) is 0 Å². The zero-order valence-electron chi connectivity index (χ0n) is 16.8. The van der Waals surface area contributed by atoms with E-state index in [9.17, 15) is 4.79 Å². The molecule has 0 aliphatic rings. The van der Waals surface area contributed by atoms with Crippen molar-refractivity contribution in [2.45, 2.75) is 0 Å². The second kappa shape index (κ2) is 6.38. The quantitative estimate of drug-likeness (QED) is 0.252. The topological polar surface area (TPSA) is 34.4 Å². The SMILES string of the molecule is O=c1c2cccc3c(Br)ccc(c32)c2nc3cc(-c4ccc5ccccc5c4)ccc3n12. The molecule has 0 fully saturated rings. The van der Waals surface area contributed by atoms with Gasteiger partial charge < -0.3 is 0 Å². The highest BCUT2D eigenvalue weighted by atomic mass is 79.9. The van der Waals surface area contributed by atoms with Crippen molar-refractivity contribution in [2.24, 2.45) is 0 Å². The fourth-order valence-electron chi connectivity index (χ4n) is 4.87. The van der Waals surface area contributed by atoms with Gasteiger partial charge in [-0.3, -0.25) is 9.20 Å². The van der Waals surface area contributed by atoms with Crippen LogP contribution >= 0.6 is 15.9 Å². The summed E-state index contributed by atoms with van der Waals surface area (Å²) in [5, 5.41) is 6.12. The van der Waals surface area contributed by atoms with Gasteiger partial charge in [-0.15, -0.1) is 0 Å². The maximum atomic E-state index is 13.5. The number of rotatable bonds is 1. The summed E-state index contributed by atoms with van der Waals surface area (Å²) < 4.78 is 2.74. The molecule has 0 amide bonds. The fourth-order valence-corrected chi connectivity index (χ4v) is 5.33. The van der Waals surface area contributed by atoms with E-state index >= 15 is 0 Å². The molecule has 0 saturated carbocycles. The molecule has 5 aromatic carbocycles. The monoisotopic (exact) mass is 474 g/mol. The summed E-state index contributed by atoms with van der Waals surface area (Å²) in [6.45, 7) is 0. The fraction of sp³-hybridized carbons (Fsp3) is 0. The van der Waals surface area contributed by atoms with Gasteiger partial charge in [-0.25, -0.2) is 4.98 Å². The Bertz CT molecular complexity index is 1920. The van der Waals surface area contributed by atoms with Crippen LogP contribution in [0.1, 0.15) is 0 Å². The van der Waals surface area contributed by atoms with E-state index in [0.717, 1.165) is 42.8 Å². The molecule has 7 rings (SSSR count). The van der Waals surface area contributed by atoms with Gasteiger partial charge in [0.05, 0.1) is 11.0 Å². The highest BCUT2D eigenvalue weighted by molar-refractivity contribution is 9.10. The van der Waals surface area contributed by atoms with Crippen LogP contribution in [0.4, 0.5) is 0 Å². The largest absolute Gasteiger partial charge is 0.268 e.